The van der Waals surface area contributed by atoms with Crippen molar-refractivity contribution in [3.63, 3.8) is 0 Å². The highest BCUT2D eigenvalue weighted by molar-refractivity contribution is 4.85. The van der Waals surface area contributed by atoms with Crippen molar-refractivity contribution >= 4 is 0 Å². The third-order valence-corrected chi connectivity index (χ3v) is 3.51. The van der Waals surface area contributed by atoms with Gasteiger partial charge < -0.3 is 10.2 Å². The van der Waals surface area contributed by atoms with E-state index in [-0.39, 0.29) is 0 Å². The SMILES string of the molecule is CCNC1CCCCCC1N(C)CC. The molecule has 0 spiro atoms. The first-order valence-electron chi connectivity index (χ1n) is 6.23. The molecule has 0 radical (unpaired) electrons. The maximum Gasteiger partial charge on any atom is 0.0246 e. The molecule has 0 aromatic carbocycles. The first-order valence-corrected chi connectivity index (χ1v) is 6.23. The van der Waals surface area contributed by atoms with Gasteiger partial charge in [-0.15, -0.1) is 0 Å². The molecule has 0 saturated heterocycles. The van der Waals surface area contributed by atoms with Crippen molar-refractivity contribution in [1.82, 2.24) is 10.2 Å². The lowest BCUT2D eigenvalue weighted by Gasteiger charge is -2.33. The molecule has 0 aromatic heterocycles. The molecule has 84 valence electrons. The zero-order chi connectivity index (χ0) is 10.4. The second-order valence-corrected chi connectivity index (χ2v) is 4.44. The van der Waals surface area contributed by atoms with Gasteiger partial charge in [-0.05, 0) is 33.0 Å². The van der Waals surface area contributed by atoms with Crippen LogP contribution in [0.3, 0.4) is 0 Å². The average molecular weight is 198 g/mol. The van der Waals surface area contributed by atoms with E-state index < -0.39 is 0 Å². The Morgan fingerprint density at radius 2 is 1.86 bits per heavy atom. The van der Waals surface area contributed by atoms with Gasteiger partial charge in [0, 0.05) is 12.1 Å². The fourth-order valence-corrected chi connectivity index (χ4v) is 2.55. The summed E-state index contributed by atoms with van der Waals surface area (Å²) in [6.07, 6.45) is 6.99. The van der Waals surface area contributed by atoms with Crippen molar-refractivity contribution in [2.75, 3.05) is 20.1 Å². The third-order valence-electron chi connectivity index (χ3n) is 3.51. The summed E-state index contributed by atoms with van der Waals surface area (Å²) in [6.45, 7) is 6.76. The molecule has 1 fully saturated rings. The van der Waals surface area contributed by atoms with E-state index in [4.69, 9.17) is 0 Å². The molecule has 0 aliphatic heterocycles. The molecule has 1 saturated carbocycles. The predicted molar refractivity (Wildman–Crippen MR) is 62.6 cm³/mol. The van der Waals surface area contributed by atoms with Crippen LogP contribution < -0.4 is 5.32 Å². The molecule has 2 unspecified atom stereocenters. The maximum absolute atomic E-state index is 3.65. The quantitative estimate of drug-likeness (QED) is 0.697. The van der Waals surface area contributed by atoms with Crippen LogP contribution in [0.25, 0.3) is 0 Å². The molecule has 2 nitrogen and oxygen atoms in total. The molecule has 1 N–H and O–H groups in total. The van der Waals surface area contributed by atoms with Crippen LogP contribution in [0.1, 0.15) is 46.0 Å². The molecule has 2 atom stereocenters. The van der Waals surface area contributed by atoms with Crippen LogP contribution in [0.2, 0.25) is 0 Å². The van der Waals surface area contributed by atoms with Gasteiger partial charge in [-0.1, -0.05) is 33.1 Å². The van der Waals surface area contributed by atoms with E-state index in [1.807, 2.05) is 0 Å². The van der Waals surface area contributed by atoms with E-state index in [0.717, 1.165) is 18.6 Å². The van der Waals surface area contributed by atoms with Gasteiger partial charge >= 0.3 is 0 Å². The molecule has 14 heavy (non-hydrogen) atoms. The average Bonchev–Trinajstić information content (AvgIpc) is 2.43. The smallest absolute Gasteiger partial charge is 0.0246 e. The summed E-state index contributed by atoms with van der Waals surface area (Å²) in [5.74, 6) is 0. The fourth-order valence-electron chi connectivity index (χ4n) is 2.55. The zero-order valence-corrected chi connectivity index (χ0v) is 10.1. The molecule has 0 aromatic rings. The molecule has 0 amide bonds. The van der Waals surface area contributed by atoms with Crippen LogP contribution >= 0.6 is 0 Å². The Balaban J connectivity index is 2.53. The van der Waals surface area contributed by atoms with Crippen molar-refractivity contribution in [3.8, 4) is 0 Å². The highest BCUT2D eigenvalue weighted by atomic mass is 15.2. The van der Waals surface area contributed by atoms with E-state index in [1.54, 1.807) is 0 Å². The maximum atomic E-state index is 3.65. The summed E-state index contributed by atoms with van der Waals surface area (Å²) in [5.41, 5.74) is 0. The van der Waals surface area contributed by atoms with E-state index in [0.29, 0.717) is 0 Å². The summed E-state index contributed by atoms with van der Waals surface area (Å²) in [5, 5.41) is 3.65. The molecule has 0 bridgehead atoms. The Hall–Kier alpha value is -0.0800. The Bertz CT molecular complexity index is 147. The van der Waals surface area contributed by atoms with Gasteiger partial charge in [-0.2, -0.15) is 0 Å². The van der Waals surface area contributed by atoms with Crippen molar-refractivity contribution in [1.29, 1.82) is 0 Å². The van der Waals surface area contributed by atoms with Crippen molar-refractivity contribution in [2.45, 2.75) is 58.0 Å². The minimum absolute atomic E-state index is 0.729. The number of rotatable bonds is 4. The monoisotopic (exact) mass is 198 g/mol. The summed E-state index contributed by atoms with van der Waals surface area (Å²) in [6, 6.07) is 1.50. The summed E-state index contributed by atoms with van der Waals surface area (Å²) in [4.78, 5) is 2.51. The molecule has 1 rings (SSSR count). The Morgan fingerprint density at radius 3 is 2.50 bits per heavy atom. The van der Waals surface area contributed by atoms with Gasteiger partial charge in [0.15, 0.2) is 0 Å². The van der Waals surface area contributed by atoms with Crippen molar-refractivity contribution < 1.29 is 0 Å². The molecule has 1 aliphatic carbocycles. The van der Waals surface area contributed by atoms with Crippen molar-refractivity contribution in [3.05, 3.63) is 0 Å². The van der Waals surface area contributed by atoms with Gasteiger partial charge in [0.05, 0.1) is 0 Å². The number of nitrogens with zero attached hydrogens (tertiary/aromatic N) is 1. The third kappa shape index (κ3) is 3.25. The van der Waals surface area contributed by atoms with Gasteiger partial charge in [0.2, 0.25) is 0 Å². The minimum Gasteiger partial charge on any atom is -0.313 e. The van der Waals surface area contributed by atoms with Crippen LogP contribution in [0, 0.1) is 0 Å². The summed E-state index contributed by atoms with van der Waals surface area (Å²) in [7, 11) is 2.26. The topological polar surface area (TPSA) is 15.3 Å². The first kappa shape index (κ1) is 12.0. The highest BCUT2D eigenvalue weighted by Crippen LogP contribution is 2.21. The zero-order valence-electron chi connectivity index (χ0n) is 10.1. The number of nitrogens with one attached hydrogen (secondary N) is 1. The lowest BCUT2D eigenvalue weighted by Crippen LogP contribution is -2.48. The van der Waals surface area contributed by atoms with Crippen LogP contribution in [-0.4, -0.2) is 37.1 Å². The van der Waals surface area contributed by atoms with Gasteiger partial charge in [-0.25, -0.2) is 0 Å². The largest absolute Gasteiger partial charge is 0.313 e. The van der Waals surface area contributed by atoms with Crippen LogP contribution in [0.4, 0.5) is 0 Å². The summed E-state index contributed by atoms with van der Waals surface area (Å²) < 4.78 is 0. The molecular weight excluding hydrogens is 172 g/mol. The lowest BCUT2D eigenvalue weighted by atomic mass is 10.0. The summed E-state index contributed by atoms with van der Waals surface area (Å²) >= 11 is 0. The van der Waals surface area contributed by atoms with E-state index in [9.17, 15) is 0 Å². The standard InChI is InChI=1S/C12H26N2/c1-4-13-11-9-7-6-8-10-12(11)14(3)5-2/h11-13H,4-10H2,1-3H3. The normalized spacial score (nSPS) is 29.1. The highest BCUT2D eigenvalue weighted by Gasteiger charge is 2.25. The first-order chi connectivity index (χ1) is 6.79. The second kappa shape index (κ2) is 6.41. The number of hydrogen-bond donors (Lipinski definition) is 1. The molecule has 2 heteroatoms. The minimum atomic E-state index is 0.729. The van der Waals surface area contributed by atoms with Gasteiger partial charge in [0.1, 0.15) is 0 Å². The van der Waals surface area contributed by atoms with E-state index in [1.165, 1.54) is 38.6 Å². The Kier molecular flexibility index (Phi) is 5.49. The number of hydrogen-bond acceptors (Lipinski definition) is 2. The van der Waals surface area contributed by atoms with Gasteiger partial charge in [0.25, 0.3) is 0 Å². The Morgan fingerprint density at radius 1 is 1.14 bits per heavy atom. The molecule has 0 heterocycles. The number of likely N-dealkylation sites (N-methyl/N-ethyl adjacent to an activating group) is 2. The van der Waals surface area contributed by atoms with Crippen LogP contribution in [0.5, 0.6) is 0 Å². The van der Waals surface area contributed by atoms with Gasteiger partial charge in [-0.3, -0.25) is 0 Å². The predicted octanol–water partition coefficient (Wildman–Crippen LogP) is 2.25. The molecule has 1 aliphatic rings. The fraction of sp³-hybridized carbons (Fsp3) is 1.00. The van der Waals surface area contributed by atoms with Crippen LogP contribution in [0.15, 0.2) is 0 Å². The molecular formula is C12H26N2. The van der Waals surface area contributed by atoms with E-state index >= 15 is 0 Å². The van der Waals surface area contributed by atoms with Crippen LogP contribution in [-0.2, 0) is 0 Å². The Labute approximate surface area is 89.1 Å². The lowest BCUT2D eigenvalue weighted by molar-refractivity contribution is 0.191. The van der Waals surface area contributed by atoms with Crippen molar-refractivity contribution in [2.24, 2.45) is 0 Å². The second-order valence-electron chi connectivity index (χ2n) is 4.44. The van der Waals surface area contributed by atoms with E-state index in [2.05, 4.69) is 31.1 Å².